The van der Waals surface area contributed by atoms with E-state index in [4.69, 9.17) is 0 Å². The van der Waals surface area contributed by atoms with Gasteiger partial charge in [-0.3, -0.25) is 5.01 Å². The molecule has 3 nitrogen and oxygen atoms in total. The number of nitrogens with zero attached hydrogens (tertiary/aromatic N) is 3. The highest BCUT2D eigenvalue weighted by molar-refractivity contribution is 5.80. The van der Waals surface area contributed by atoms with Crippen LogP contribution >= 0.6 is 0 Å². The molecule has 1 fully saturated rings. The third kappa shape index (κ3) is 3.70. The van der Waals surface area contributed by atoms with Crippen LogP contribution in [-0.2, 0) is 0 Å². The largest absolute Gasteiger partial charge is 0.303 e. The van der Waals surface area contributed by atoms with Gasteiger partial charge in [0.1, 0.15) is 0 Å². The van der Waals surface area contributed by atoms with Gasteiger partial charge < -0.3 is 4.90 Å². The van der Waals surface area contributed by atoms with Gasteiger partial charge in [-0.15, -0.1) is 0 Å². The van der Waals surface area contributed by atoms with Crippen LogP contribution in [0.2, 0.25) is 0 Å². The zero-order valence-electron chi connectivity index (χ0n) is 12.4. The van der Waals surface area contributed by atoms with E-state index in [0.29, 0.717) is 0 Å². The number of hydrogen-bond acceptors (Lipinski definition) is 3. The van der Waals surface area contributed by atoms with Crippen molar-refractivity contribution in [2.75, 3.05) is 33.2 Å². The van der Waals surface area contributed by atoms with Gasteiger partial charge in [-0.05, 0) is 23.7 Å². The molecule has 0 bridgehead atoms. The van der Waals surface area contributed by atoms with E-state index in [9.17, 15) is 0 Å². The highest BCUT2D eigenvalue weighted by Crippen LogP contribution is 2.18. The number of benzene rings is 2. The first kappa shape index (κ1) is 13.8. The molecule has 0 aliphatic carbocycles. The Balaban J connectivity index is 1.65. The number of hydrazone groups is 1. The van der Waals surface area contributed by atoms with Crippen LogP contribution in [0, 0.1) is 0 Å². The first-order valence-corrected chi connectivity index (χ1v) is 7.44. The Morgan fingerprint density at radius 2 is 1.43 bits per heavy atom. The molecule has 1 saturated heterocycles. The molecular formula is C18H21N3. The molecule has 0 atom stereocenters. The summed E-state index contributed by atoms with van der Waals surface area (Å²) in [7, 11) is 2.16. The van der Waals surface area contributed by atoms with E-state index in [-0.39, 0.29) is 0 Å². The van der Waals surface area contributed by atoms with Crippen LogP contribution in [-0.4, -0.2) is 49.4 Å². The average molecular weight is 279 g/mol. The minimum Gasteiger partial charge on any atom is -0.303 e. The molecule has 0 unspecified atom stereocenters. The van der Waals surface area contributed by atoms with Gasteiger partial charge in [0.15, 0.2) is 0 Å². The summed E-state index contributed by atoms with van der Waals surface area (Å²) in [6.07, 6.45) is 1.96. The lowest BCUT2D eigenvalue weighted by atomic mass is 10.0. The van der Waals surface area contributed by atoms with Crippen molar-refractivity contribution in [1.82, 2.24) is 9.91 Å². The maximum atomic E-state index is 4.57. The van der Waals surface area contributed by atoms with Crippen LogP contribution in [0.4, 0.5) is 0 Å². The SMILES string of the molecule is CN1CCN(/N=C\c2ccc(-c3ccccc3)cc2)CC1. The average Bonchev–Trinajstić information content (AvgIpc) is 2.56. The Kier molecular flexibility index (Phi) is 4.31. The first-order valence-electron chi connectivity index (χ1n) is 7.44. The second kappa shape index (κ2) is 6.55. The minimum atomic E-state index is 1.01. The van der Waals surface area contributed by atoms with E-state index in [1.807, 2.05) is 12.3 Å². The van der Waals surface area contributed by atoms with Gasteiger partial charge >= 0.3 is 0 Å². The molecule has 2 aromatic rings. The molecule has 0 saturated carbocycles. The van der Waals surface area contributed by atoms with Crippen LogP contribution in [0.25, 0.3) is 11.1 Å². The second-order valence-corrected chi connectivity index (χ2v) is 5.49. The Morgan fingerprint density at radius 3 is 2.10 bits per heavy atom. The molecule has 0 aromatic heterocycles. The molecule has 3 rings (SSSR count). The van der Waals surface area contributed by atoms with E-state index in [1.165, 1.54) is 11.1 Å². The summed E-state index contributed by atoms with van der Waals surface area (Å²) in [5.41, 5.74) is 3.64. The summed E-state index contributed by atoms with van der Waals surface area (Å²) in [5, 5.41) is 6.72. The topological polar surface area (TPSA) is 18.8 Å². The minimum absolute atomic E-state index is 1.01. The normalized spacial score (nSPS) is 16.5. The zero-order chi connectivity index (χ0) is 14.5. The lowest BCUT2D eigenvalue weighted by molar-refractivity contribution is 0.159. The van der Waals surface area contributed by atoms with Gasteiger partial charge in [0.2, 0.25) is 0 Å². The van der Waals surface area contributed by atoms with Crippen LogP contribution in [0.15, 0.2) is 59.7 Å². The van der Waals surface area contributed by atoms with Crippen molar-refractivity contribution in [1.29, 1.82) is 0 Å². The lowest BCUT2D eigenvalue weighted by Gasteiger charge is -2.30. The van der Waals surface area contributed by atoms with E-state index >= 15 is 0 Å². The summed E-state index contributed by atoms with van der Waals surface area (Å²) in [6, 6.07) is 19.0. The fourth-order valence-electron chi connectivity index (χ4n) is 2.45. The number of likely N-dealkylation sites (N-methyl/N-ethyl adjacent to an activating group) is 1. The quantitative estimate of drug-likeness (QED) is 0.805. The van der Waals surface area contributed by atoms with Gasteiger partial charge in [0.05, 0.1) is 6.21 Å². The fourth-order valence-corrected chi connectivity index (χ4v) is 2.45. The summed E-state index contributed by atoms with van der Waals surface area (Å²) < 4.78 is 0. The molecule has 1 heterocycles. The molecule has 2 aromatic carbocycles. The summed E-state index contributed by atoms with van der Waals surface area (Å²) >= 11 is 0. The molecule has 21 heavy (non-hydrogen) atoms. The Labute approximate surface area is 126 Å². The molecule has 108 valence electrons. The Hall–Kier alpha value is -2.13. The van der Waals surface area contributed by atoms with Crippen LogP contribution in [0.1, 0.15) is 5.56 Å². The molecule has 1 aliphatic rings. The van der Waals surface area contributed by atoms with Crippen LogP contribution in [0.3, 0.4) is 0 Å². The molecule has 1 aliphatic heterocycles. The third-order valence-corrected chi connectivity index (χ3v) is 3.87. The smallest absolute Gasteiger partial charge is 0.0542 e. The van der Waals surface area contributed by atoms with Crippen molar-refractivity contribution in [2.24, 2.45) is 5.10 Å². The van der Waals surface area contributed by atoms with Crippen molar-refractivity contribution < 1.29 is 0 Å². The van der Waals surface area contributed by atoms with Gasteiger partial charge in [0.25, 0.3) is 0 Å². The monoisotopic (exact) mass is 279 g/mol. The van der Waals surface area contributed by atoms with Crippen molar-refractivity contribution >= 4 is 6.21 Å². The molecule has 0 N–H and O–H groups in total. The van der Waals surface area contributed by atoms with Crippen molar-refractivity contribution in [3.8, 4) is 11.1 Å². The molecule has 0 spiro atoms. The van der Waals surface area contributed by atoms with E-state index in [1.54, 1.807) is 0 Å². The maximum absolute atomic E-state index is 4.57. The van der Waals surface area contributed by atoms with E-state index < -0.39 is 0 Å². The third-order valence-electron chi connectivity index (χ3n) is 3.87. The lowest BCUT2D eigenvalue weighted by Crippen LogP contribution is -2.41. The number of hydrogen-bond donors (Lipinski definition) is 0. The van der Waals surface area contributed by atoms with Crippen molar-refractivity contribution in [3.05, 3.63) is 60.2 Å². The van der Waals surface area contributed by atoms with Crippen molar-refractivity contribution in [2.45, 2.75) is 0 Å². The fraction of sp³-hybridized carbons (Fsp3) is 0.278. The van der Waals surface area contributed by atoms with Crippen LogP contribution in [0.5, 0.6) is 0 Å². The zero-order valence-corrected chi connectivity index (χ0v) is 12.4. The summed E-state index contributed by atoms with van der Waals surface area (Å²) in [5.74, 6) is 0. The molecule has 0 amide bonds. The maximum Gasteiger partial charge on any atom is 0.0542 e. The summed E-state index contributed by atoms with van der Waals surface area (Å²) in [4.78, 5) is 2.33. The summed E-state index contributed by atoms with van der Waals surface area (Å²) in [6.45, 7) is 4.19. The second-order valence-electron chi connectivity index (χ2n) is 5.49. The first-order chi connectivity index (χ1) is 10.3. The van der Waals surface area contributed by atoms with E-state index in [2.05, 4.69) is 70.6 Å². The van der Waals surface area contributed by atoms with Gasteiger partial charge in [-0.1, -0.05) is 54.6 Å². The van der Waals surface area contributed by atoms with E-state index in [0.717, 1.165) is 31.7 Å². The predicted octanol–water partition coefficient (Wildman–Crippen LogP) is 2.93. The van der Waals surface area contributed by atoms with Crippen molar-refractivity contribution in [3.63, 3.8) is 0 Å². The van der Waals surface area contributed by atoms with Crippen LogP contribution < -0.4 is 0 Å². The molecule has 0 radical (unpaired) electrons. The number of rotatable bonds is 3. The van der Waals surface area contributed by atoms with Gasteiger partial charge in [-0.2, -0.15) is 5.10 Å². The Morgan fingerprint density at radius 1 is 0.810 bits per heavy atom. The predicted molar refractivity (Wildman–Crippen MR) is 88.5 cm³/mol. The highest BCUT2D eigenvalue weighted by atomic mass is 15.5. The highest BCUT2D eigenvalue weighted by Gasteiger charge is 2.10. The van der Waals surface area contributed by atoms with Gasteiger partial charge in [-0.25, -0.2) is 0 Å². The Bertz CT molecular complexity index is 582. The molecular weight excluding hydrogens is 258 g/mol. The van der Waals surface area contributed by atoms with Gasteiger partial charge in [0, 0.05) is 26.2 Å². The number of piperazine rings is 1. The molecule has 3 heteroatoms. The standard InChI is InChI=1S/C18H21N3/c1-20-11-13-21(14-12-20)19-15-16-7-9-18(10-8-16)17-5-3-2-4-6-17/h2-10,15H,11-14H2,1H3/b19-15-.